The zero-order valence-electron chi connectivity index (χ0n) is 15.7. The largest absolute Gasteiger partial charge is 0.481 e. The zero-order valence-corrected chi connectivity index (χ0v) is 15.7. The van der Waals surface area contributed by atoms with E-state index in [1.807, 2.05) is 44.2 Å². The molecule has 0 aliphatic carbocycles. The quantitative estimate of drug-likeness (QED) is 0.864. The number of likely N-dealkylation sites (tertiary alicyclic amines) is 1. The summed E-state index contributed by atoms with van der Waals surface area (Å²) in [5, 5.41) is 3.15. The van der Waals surface area contributed by atoms with Crippen molar-refractivity contribution in [3.63, 3.8) is 0 Å². The van der Waals surface area contributed by atoms with Crippen molar-refractivity contribution in [3.05, 3.63) is 65.7 Å². The lowest BCUT2D eigenvalue weighted by molar-refractivity contribution is -0.128. The summed E-state index contributed by atoms with van der Waals surface area (Å²) in [6.45, 7) is 6.82. The van der Waals surface area contributed by atoms with Gasteiger partial charge in [-0.2, -0.15) is 0 Å². The molecule has 0 bridgehead atoms. The summed E-state index contributed by atoms with van der Waals surface area (Å²) < 4.78 is 5.78. The Hall–Kier alpha value is -2.33. The first-order valence-corrected chi connectivity index (χ1v) is 9.40. The molecule has 26 heavy (non-hydrogen) atoms. The minimum Gasteiger partial charge on any atom is -0.481 e. The minimum absolute atomic E-state index is 0.0342. The normalized spacial score (nSPS) is 16.8. The van der Waals surface area contributed by atoms with E-state index in [9.17, 15) is 4.79 Å². The van der Waals surface area contributed by atoms with E-state index in [-0.39, 0.29) is 11.9 Å². The van der Waals surface area contributed by atoms with Crippen molar-refractivity contribution in [1.29, 1.82) is 0 Å². The van der Waals surface area contributed by atoms with Crippen LogP contribution in [0, 0.1) is 6.92 Å². The van der Waals surface area contributed by atoms with Gasteiger partial charge in [-0.15, -0.1) is 0 Å². The second-order valence-electron chi connectivity index (χ2n) is 7.12. The maximum absolute atomic E-state index is 12.4. The van der Waals surface area contributed by atoms with Crippen LogP contribution in [0.15, 0.2) is 54.6 Å². The first-order valence-electron chi connectivity index (χ1n) is 9.40. The van der Waals surface area contributed by atoms with Gasteiger partial charge in [-0.1, -0.05) is 42.5 Å². The predicted molar refractivity (Wildman–Crippen MR) is 104 cm³/mol. The molecular formula is C22H28N2O2. The Morgan fingerprint density at radius 1 is 1.15 bits per heavy atom. The van der Waals surface area contributed by atoms with E-state index in [0.717, 1.165) is 43.8 Å². The molecule has 1 amide bonds. The van der Waals surface area contributed by atoms with Gasteiger partial charge in [-0.25, -0.2) is 0 Å². The number of nitrogens with one attached hydrogen (secondary N) is 1. The fraction of sp³-hybridized carbons (Fsp3) is 0.409. The first kappa shape index (κ1) is 18.5. The summed E-state index contributed by atoms with van der Waals surface area (Å²) in [5.74, 6) is 0.707. The molecule has 3 rings (SSSR count). The predicted octanol–water partition coefficient (Wildman–Crippen LogP) is 3.54. The van der Waals surface area contributed by atoms with Crippen molar-refractivity contribution >= 4 is 5.91 Å². The van der Waals surface area contributed by atoms with Crippen molar-refractivity contribution in [2.24, 2.45) is 0 Å². The number of carbonyl (C=O) groups is 1. The zero-order chi connectivity index (χ0) is 18.4. The highest BCUT2D eigenvalue weighted by molar-refractivity contribution is 5.81. The molecule has 1 N–H and O–H groups in total. The van der Waals surface area contributed by atoms with Gasteiger partial charge in [0.25, 0.3) is 5.91 Å². The summed E-state index contributed by atoms with van der Waals surface area (Å²) in [5.41, 5.74) is 2.47. The minimum atomic E-state index is -0.487. The van der Waals surface area contributed by atoms with Crippen LogP contribution in [-0.4, -0.2) is 36.0 Å². The van der Waals surface area contributed by atoms with E-state index in [1.165, 1.54) is 5.56 Å². The van der Waals surface area contributed by atoms with Gasteiger partial charge in [0.2, 0.25) is 0 Å². The Kier molecular flexibility index (Phi) is 6.29. The maximum Gasteiger partial charge on any atom is 0.260 e. The highest BCUT2D eigenvalue weighted by Gasteiger charge is 2.23. The molecule has 138 valence electrons. The van der Waals surface area contributed by atoms with E-state index in [1.54, 1.807) is 0 Å². The van der Waals surface area contributed by atoms with Crippen LogP contribution in [0.5, 0.6) is 5.75 Å². The fourth-order valence-corrected chi connectivity index (χ4v) is 3.34. The monoisotopic (exact) mass is 352 g/mol. The van der Waals surface area contributed by atoms with Gasteiger partial charge >= 0.3 is 0 Å². The molecule has 1 atom stereocenters. The Labute approximate surface area is 156 Å². The number of carbonyl (C=O) groups excluding carboxylic acids is 1. The van der Waals surface area contributed by atoms with Crippen molar-refractivity contribution in [2.75, 3.05) is 13.1 Å². The molecule has 0 unspecified atom stereocenters. The third-order valence-corrected chi connectivity index (χ3v) is 4.85. The third kappa shape index (κ3) is 5.33. The van der Waals surface area contributed by atoms with Crippen LogP contribution in [0.25, 0.3) is 0 Å². The molecule has 0 saturated carbocycles. The van der Waals surface area contributed by atoms with Gasteiger partial charge in [0.15, 0.2) is 6.10 Å². The standard InChI is InChI=1S/C22H28N2O2/c1-17-7-6-10-21(15-17)26-18(2)22(25)23-20-11-13-24(14-12-20)16-19-8-4-3-5-9-19/h3-10,15,18,20H,11-14,16H2,1-2H3,(H,23,25)/t18-/m1/s1. The Morgan fingerprint density at radius 3 is 2.58 bits per heavy atom. The summed E-state index contributed by atoms with van der Waals surface area (Å²) in [6, 6.07) is 18.6. The van der Waals surface area contributed by atoms with Crippen LogP contribution in [0.3, 0.4) is 0 Å². The lowest BCUT2D eigenvalue weighted by Crippen LogP contribution is -2.47. The number of ether oxygens (including phenoxy) is 1. The number of amides is 1. The molecule has 1 saturated heterocycles. The van der Waals surface area contributed by atoms with Crippen molar-refractivity contribution in [3.8, 4) is 5.75 Å². The summed E-state index contributed by atoms with van der Waals surface area (Å²) in [7, 11) is 0. The molecule has 1 aliphatic rings. The smallest absolute Gasteiger partial charge is 0.260 e. The van der Waals surface area contributed by atoms with Crippen molar-refractivity contribution in [2.45, 2.75) is 45.4 Å². The van der Waals surface area contributed by atoms with E-state index in [4.69, 9.17) is 4.74 Å². The third-order valence-electron chi connectivity index (χ3n) is 4.85. The second kappa shape index (κ2) is 8.86. The van der Waals surface area contributed by atoms with Crippen molar-refractivity contribution < 1.29 is 9.53 Å². The SMILES string of the molecule is Cc1cccc(O[C@H](C)C(=O)NC2CCN(Cc3ccccc3)CC2)c1. The average molecular weight is 352 g/mol. The van der Waals surface area contributed by atoms with Crippen LogP contribution < -0.4 is 10.1 Å². The first-order chi connectivity index (χ1) is 12.6. The number of aryl methyl sites for hydroxylation is 1. The Morgan fingerprint density at radius 2 is 1.88 bits per heavy atom. The van der Waals surface area contributed by atoms with Gasteiger partial charge in [-0.3, -0.25) is 9.69 Å². The lowest BCUT2D eigenvalue weighted by Gasteiger charge is -2.32. The van der Waals surface area contributed by atoms with Gasteiger partial charge in [0.1, 0.15) is 5.75 Å². The average Bonchev–Trinajstić information content (AvgIpc) is 2.64. The van der Waals surface area contributed by atoms with Gasteiger partial charge in [0.05, 0.1) is 0 Å². The molecule has 1 fully saturated rings. The van der Waals surface area contributed by atoms with Crippen LogP contribution in [0.4, 0.5) is 0 Å². The Bertz CT molecular complexity index is 709. The molecule has 4 heteroatoms. The molecule has 0 spiro atoms. The molecule has 4 nitrogen and oxygen atoms in total. The number of rotatable bonds is 6. The molecule has 2 aromatic rings. The fourth-order valence-electron chi connectivity index (χ4n) is 3.34. The highest BCUT2D eigenvalue weighted by Crippen LogP contribution is 2.16. The van der Waals surface area contributed by atoms with Crippen LogP contribution in [-0.2, 0) is 11.3 Å². The second-order valence-corrected chi connectivity index (χ2v) is 7.12. The van der Waals surface area contributed by atoms with Gasteiger partial charge in [-0.05, 0) is 49.9 Å². The van der Waals surface area contributed by atoms with Crippen molar-refractivity contribution in [1.82, 2.24) is 10.2 Å². The van der Waals surface area contributed by atoms with Gasteiger partial charge in [0, 0.05) is 25.7 Å². The van der Waals surface area contributed by atoms with E-state index >= 15 is 0 Å². The highest BCUT2D eigenvalue weighted by atomic mass is 16.5. The van der Waals surface area contributed by atoms with E-state index < -0.39 is 6.10 Å². The molecular weight excluding hydrogens is 324 g/mol. The van der Waals surface area contributed by atoms with E-state index in [0.29, 0.717) is 0 Å². The number of benzene rings is 2. The van der Waals surface area contributed by atoms with Crippen LogP contribution in [0.1, 0.15) is 30.9 Å². The number of nitrogens with zero attached hydrogens (tertiary/aromatic N) is 1. The molecule has 1 heterocycles. The number of piperidine rings is 1. The summed E-state index contributed by atoms with van der Waals surface area (Å²) in [4.78, 5) is 14.9. The lowest BCUT2D eigenvalue weighted by atomic mass is 10.0. The van der Waals surface area contributed by atoms with Crippen LogP contribution in [0.2, 0.25) is 0 Å². The topological polar surface area (TPSA) is 41.6 Å². The van der Waals surface area contributed by atoms with Gasteiger partial charge < -0.3 is 10.1 Å². The maximum atomic E-state index is 12.4. The molecule has 1 aliphatic heterocycles. The van der Waals surface area contributed by atoms with Crippen LogP contribution >= 0.6 is 0 Å². The molecule has 0 radical (unpaired) electrons. The molecule has 0 aromatic heterocycles. The summed E-state index contributed by atoms with van der Waals surface area (Å²) >= 11 is 0. The number of hydrogen-bond donors (Lipinski definition) is 1. The molecule has 2 aromatic carbocycles. The number of hydrogen-bond acceptors (Lipinski definition) is 3. The van der Waals surface area contributed by atoms with E-state index in [2.05, 4.69) is 34.5 Å². The Balaban J connectivity index is 1.42. The summed E-state index contributed by atoms with van der Waals surface area (Å²) in [6.07, 6.45) is 1.48.